The van der Waals surface area contributed by atoms with E-state index in [0.717, 1.165) is 0 Å². The highest BCUT2D eigenvalue weighted by molar-refractivity contribution is 5.83. The van der Waals surface area contributed by atoms with Crippen LogP contribution in [-0.4, -0.2) is 43.3 Å². The van der Waals surface area contributed by atoms with Crippen molar-refractivity contribution in [3.63, 3.8) is 0 Å². The summed E-state index contributed by atoms with van der Waals surface area (Å²) in [6.07, 6.45) is 1.84. The Hall–Kier alpha value is -0.910. The monoisotopic (exact) mass is 242 g/mol. The minimum atomic E-state index is -0.657. The third-order valence-corrected chi connectivity index (χ3v) is 2.95. The van der Waals surface area contributed by atoms with E-state index >= 15 is 0 Å². The second-order valence-corrected chi connectivity index (χ2v) is 4.77. The molecule has 0 unspecified atom stereocenters. The highest BCUT2D eigenvalue weighted by atomic mass is 16.8. The van der Waals surface area contributed by atoms with Crippen molar-refractivity contribution in [1.29, 1.82) is 0 Å². The molecule has 2 aliphatic heterocycles. The van der Waals surface area contributed by atoms with Crippen LogP contribution in [0.3, 0.4) is 0 Å². The highest BCUT2D eigenvalue weighted by Gasteiger charge is 2.47. The van der Waals surface area contributed by atoms with Crippen molar-refractivity contribution in [2.24, 2.45) is 0 Å². The predicted octanol–water partition coefficient (Wildman–Crippen LogP) is 1.02. The molecule has 0 spiro atoms. The molecule has 2 heterocycles. The minimum Gasteiger partial charge on any atom is -0.453 e. The first-order valence-electron chi connectivity index (χ1n) is 5.70. The smallest absolute Gasteiger partial charge is 0.330 e. The molecule has 0 amide bonds. The third kappa shape index (κ3) is 2.51. The number of methoxy groups -OCH3 is 1. The topological polar surface area (TPSA) is 54.0 Å². The lowest BCUT2D eigenvalue weighted by molar-refractivity contribution is -0.179. The molecule has 1 saturated heterocycles. The molecule has 2 rings (SSSR count). The molecule has 96 valence electrons. The van der Waals surface area contributed by atoms with E-state index in [0.29, 0.717) is 0 Å². The largest absolute Gasteiger partial charge is 0.453 e. The van der Waals surface area contributed by atoms with Crippen LogP contribution in [0.4, 0.5) is 0 Å². The Morgan fingerprint density at radius 2 is 2.00 bits per heavy atom. The summed E-state index contributed by atoms with van der Waals surface area (Å²) in [5.74, 6) is -1.03. The third-order valence-electron chi connectivity index (χ3n) is 2.95. The fourth-order valence-corrected chi connectivity index (χ4v) is 2.29. The highest BCUT2D eigenvalue weighted by Crippen LogP contribution is 2.33. The van der Waals surface area contributed by atoms with Gasteiger partial charge < -0.3 is 18.9 Å². The molecule has 17 heavy (non-hydrogen) atoms. The molecule has 0 aliphatic carbocycles. The van der Waals surface area contributed by atoms with Crippen LogP contribution < -0.4 is 0 Å². The molecule has 1 fully saturated rings. The van der Waals surface area contributed by atoms with Crippen molar-refractivity contribution in [2.75, 3.05) is 7.11 Å². The number of carbonyl (C=O) groups excluding carboxylic acids is 1. The van der Waals surface area contributed by atoms with Crippen molar-refractivity contribution in [1.82, 2.24) is 0 Å². The Kier molecular flexibility index (Phi) is 3.25. The van der Waals surface area contributed by atoms with E-state index < -0.39 is 11.9 Å². The summed E-state index contributed by atoms with van der Waals surface area (Å²) in [4.78, 5) is 11.3. The summed E-state index contributed by atoms with van der Waals surface area (Å²) in [6, 6.07) is 0. The predicted molar refractivity (Wildman–Crippen MR) is 59.3 cm³/mol. The van der Waals surface area contributed by atoms with E-state index in [-0.39, 0.29) is 24.3 Å². The Balaban J connectivity index is 2.16. The van der Waals surface area contributed by atoms with Gasteiger partial charge in [0.2, 0.25) is 0 Å². The van der Waals surface area contributed by atoms with Crippen LogP contribution in [0.25, 0.3) is 0 Å². The van der Waals surface area contributed by atoms with Crippen molar-refractivity contribution in [3.05, 3.63) is 12.2 Å². The van der Waals surface area contributed by atoms with Crippen LogP contribution in [0.5, 0.6) is 0 Å². The molecule has 0 bridgehead atoms. The van der Waals surface area contributed by atoms with E-state index in [1.807, 2.05) is 20.8 Å². The zero-order chi connectivity index (χ0) is 12.6. The van der Waals surface area contributed by atoms with E-state index in [9.17, 15) is 4.79 Å². The SMILES string of the molecule is CO[C@H]1C=CC(=O)O[C@H]1[C@H]1OC(C)(C)O[C@@H]1C. The normalized spacial score (nSPS) is 40.4. The van der Waals surface area contributed by atoms with E-state index in [4.69, 9.17) is 18.9 Å². The van der Waals surface area contributed by atoms with Crippen LogP contribution in [-0.2, 0) is 23.7 Å². The number of cyclic esters (lactones) is 1. The Bertz CT molecular complexity index is 336. The molecule has 4 atom stereocenters. The van der Waals surface area contributed by atoms with Gasteiger partial charge in [0.15, 0.2) is 11.9 Å². The van der Waals surface area contributed by atoms with Gasteiger partial charge >= 0.3 is 5.97 Å². The number of esters is 1. The van der Waals surface area contributed by atoms with Crippen LogP contribution in [0.15, 0.2) is 12.2 Å². The van der Waals surface area contributed by atoms with Crippen LogP contribution in [0.2, 0.25) is 0 Å². The van der Waals surface area contributed by atoms with Gasteiger partial charge in [0.25, 0.3) is 0 Å². The van der Waals surface area contributed by atoms with Crippen LogP contribution in [0.1, 0.15) is 20.8 Å². The van der Waals surface area contributed by atoms with Crippen molar-refractivity contribution in [3.8, 4) is 0 Å². The maximum Gasteiger partial charge on any atom is 0.330 e. The van der Waals surface area contributed by atoms with Gasteiger partial charge in [-0.15, -0.1) is 0 Å². The summed E-state index contributed by atoms with van der Waals surface area (Å²) >= 11 is 0. The molecule has 0 aromatic rings. The van der Waals surface area contributed by atoms with E-state index in [2.05, 4.69) is 0 Å². The molecule has 5 heteroatoms. The number of hydrogen-bond acceptors (Lipinski definition) is 5. The van der Waals surface area contributed by atoms with Crippen molar-refractivity contribution < 1.29 is 23.7 Å². The quantitative estimate of drug-likeness (QED) is 0.677. The summed E-state index contributed by atoms with van der Waals surface area (Å²) in [5, 5.41) is 0. The Morgan fingerprint density at radius 1 is 1.29 bits per heavy atom. The van der Waals surface area contributed by atoms with Gasteiger partial charge in [-0.1, -0.05) is 0 Å². The van der Waals surface area contributed by atoms with Gasteiger partial charge in [-0.3, -0.25) is 0 Å². The zero-order valence-corrected chi connectivity index (χ0v) is 10.5. The average molecular weight is 242 g/mol. The maximum atomic E-state index is 11.3. The van der Waals surface area contributed by atoms with E-state index in [1.54, 1.807) is 13.2 Å². The van der Waals surface area contributed by atoms with Crippen molar-refractivity contribution >= 4 is 5.97 Å². The van der Waals surface area contributed by atoms with Gasteiger partial charge in [0.05, 0.1) is 6.10 Å². The molecule has 2 aliphatic rings. The van der Waals surface area contributed by atoms with Crippen molar-refractivity contribution in [2.45, 2.75) is 51.0 Å². The second-order valence-electron chi connectivity index (χ2n) is 4.77. The van der Waals surface area contributed by atoms with Gasteiger partial charge in [0.1, 0.15) is 12.2 Å². The molecule has 0 radical (unpaired) electrons. The summed E-state index contributed by atoms with van der Waals surface area (Å²) in [7, 11) is 1.58. The lowest BCUT2D eigenvalue weighted by Crippen LogP contribution is -2.47. The number of rotatable bonds is 2. The summed E-state index contributed by atoms with van der Waals surface area (Å²) < 4.78 is 22.0. The lowest BCUT2D eigenvalue weighted by atomic mass is 10.0. The first-order chi connectivity index (χ1) is 7.93. The second kappa shape index (κ2) is 4.40. The Labute approximate surface area is 101 Å². The number of ether oxygens (including phenoxy) is 4. The van der Waals surface area contributed by atoms with Gasteiger partial charge in [-0.2, -0.15) is 0 Å². The van der Waals surface area contributed by atoms with Gasteiger partial charge in [-0.05, 0) is 26.8 Å². The first kappa shape index (κ1) is 12.5. The summed E-state index contributed by atoms with van der Waals surface area (Å²) in [5.41, 5.74) is 0. The molecular formula is C12H18O5. The molecule has 0 aromatic carbocycles. The lowest BCUT2D eigenvalue weighted by Gasteiger charge is -2.31. The maximum absolute atomic E-state index is 11.3. The molecule has 0 saturated carbocycles. The average Bonchev–Trinajstić information content (AvgIpc) is 2.52. The molecule has 0 aromatic heterocycles. The summed E-state index contributed by atoms with van der Waals surface area (Å²) in [6.45, 7) is 5.58. The van der Waals surface area contributed by atoms with E-state index in [1.165, 1.54) is 6.08 Å². The molecule has 5 nitrogen and oxygen atoms in total. The number of hydrogen-bond donors (Lipinski definition) is 0. The fourth-order valence-electron chi connectivity index (χ4n) is 2.29. The number of carbonyl (C=O) groups is 1. The Morgan fingerprint density at radius 3 is 2.53 bits per heavy atom. The standard InChI is InChI=1S/C12H18O5/c1-7-10(17-12(2,3)16-7)11-8(14-4)5-6-9(13)15-11/h5-8,10-11H,1-4H3/t7-,8+,10+,11-/m1/s1. The molecule has 0 N–H and O–H groups in total. The molecular weight excluding hydrogens is 224 g/mol. The first-order valence-corrected chi connectivity index (χ1v) is 5.70. The van der Waals surface area contributed by atoms with Crippen LogP contribution >= 0.6 is 0 Å². The minimum absolute atomic E-state index is 0.146. The van der Waals surface area contributed by atoms with Gasteiger partial charge in [-0.25, -0.2) is 4.79 Å². The fraction of sp³-hybridized carbons (Fsp3) is 0.750. The van der Waals surface area contributed by atoms with Gasteiger partial charge in [0, 0.05) is 13.2 Å². The zero-order valence-electron chi connectivity index (χ0n) is 10.5. The van der Waals surface area contributed by atoms with Crippen LogP contribution in [0, 0.1) is 0 Å².